The lowest BCUT2D eigenvalue weighted by molar-refractivity contribution is -0.141. The van der Waals surface area contributed by atoms with Gasteiger partial charge in [0.25, 0.3) is 0 Å². The molecular formula is C11H12ClN3O2. The average Bonchev–Trinajstić information content (AvgIpc) is 2.31. The first kappa shape index (κ1) is 13.3. The fourth-order valence-electron chi connectivity index (χ4n) is 1.18. The molecule has 2 N–H and O–H groups in total. The van der Waals surface area contributed by atoms with E-state index in [-0.39, 0.29) is 5.02 Å². The first-order valence-electron chi connectivity index (χ1n) is 5.07. The molecule has 0 radical (unpaired) electrons. The maximum absolute atomic E-state index is 10.6. The highest BCUT2D eigenvalue weighted by molar-refractivity contribution is 6.34. The molecule has 0 saturated carbocycles. The zero-order valence-electron chi connectivity index (χ0n) is 9.27. The van der Waals surface area contributed by atoms with Gasteiger partial charge in [-0.2, -0.15) is 5.26 Å². The van der Waals surface area contributed by atoms with Crippen LogP contribution in [0.15, 0.2) is 12.3 Å². The van der Waals surface area contributed by atoms with Crippen molar-refractivity contribution >= 4 is 23.4 Å². The smallest absolute Gasteiger partial charge is 0.306 e. The molecule has 0 aliphatic carbocycles. The van der Waals surface area contributed by atoms with Gasteiger partial charge in [-0.25, -0.2) is 4.98 Å². The number of rotatable bonds is 5. The molecule has 17 heavy (non-hydrogen) atoms. The third kappa shape index (κ3) is 3.61. The standard InChI is InChI=1S/C11H12ClN3O2/c1-7(11(16)17)2-4-14-10-9(12)8(6-13)3-5-15-10/h3,5,7H,2,4H2,1H3,(H,14,15)(H,16,17). The Morgan fingerprint density at radius 2 is 2.47 bits per heavy atom. The molecule has 0 bridgehead atoms. The predicted octanol–water partition coefficient (Wildman–Crippen LogP) is 2.13. The number of aromatic nitrogens is 1. The van der Waals surface area contributed by atoms with Crippen LogP contribution in [0.25, 0.3) is 0 Å². The van der Waals surface area contributed by atoms with Crippen molar-refractivity contribution in [3.8, 4) is 6.07 Å². The van der Waals surface area contributed by atoms with Crippen LogP contribution in [0.5, 0.6) is 0 Å². The number of hydrogen-bond acceptors (Lipinski definition) is 4. The van der Waals surface area contributed by atoms with Gasteiger partial charge in [-0.15, -0.1) is 0 Å². The van der Waals surface area contributed by atoms with Crippen molar-refractivity contribution < 1.29 is 9.90 Å². The summed E-state index contributed by atoms with van der Waals surface area (Å²) < 4.78 is 0. The summed E-state index contributed by atoms with van der Waals surface area (Å²) in [6.45, 7) is 2.07. The number of nitrogens with zero attached hydrogens (tertiary/aromatic N) is 2. The second-order valence-electron chi connectivity index (χ2n) is 3.59. The summed E-state index contributed by atoms with van der Waals surface area (Å²) in [7, 11) is 0. The third-order valence-electron chi connectivity index (χ3n) is 2.30. The van der Waals surface area contributed by atoms with Crippen molar-refractivity contribution in [1.82, 2.24) is 4.98 Å². The summed E-state index contributed by atoms with van der Waals surface area (Å²) in [5.41, 5.74) is 0.343. The zero-order valence-corrected chi connectivity index (χ0v) is 10.0. The summed E-state index contributed by atoms with van der Waals surface area (Å²) in [6, 6.07) is 3.47. The van der Waals surface area contributed by atoms with E-state index in [1.807, 2.05) is 6.07 Å². The lowest BCUT2D eigenvalue weighted by Crippen LogP contribution is -2.15. The molecule has 1 atom stereocenters. The van der Waals surface area contributed by atoms with Gasteiger partial charge in [0.2, 0.25) is 0 Å². The Labute approximate surface area is 104 Å². The van der Waals surface area contributed by atoms with Crippen LogP contribution in [-0.4, -0.2) is 22.6 Å². The summed E-state index contributed by atoms with van der Waals surface area (Å²) in [6.07, 6.45) is 1.94. The Bertz CT molecular complexity index is 457. The number of hydrogen-bond donors (Lipinski definition) is 2. The van der Waals surface area contributed by atoms with Gasteiger partial charge < -0.3 is 10.4 Å². The quantitative estimate of drug-likeness (QED) is 0.840. The van der Waals surface area contributed by atoms with Crippen LogP contribution in [0.2, 0.25) is 5.02 Å². The van der Waals surface area contributed by atoms with E-state index in [0.29, 0.717) is 24.3 Å². The van der Waals surface area contributed by atoms with E-state index in [2.05, 4.69) is 10.3 Å². The molecule has 90 valence electrons. The fraction of sp³-hybridized carbons (Fsp3) is 0.364. The zero-order chi connectivity index (χ0) is 12.8. The van der Waals surface area contributed by atoms with Crippen LogP contribution in [0, 0.1) is 17.2 Å². The second-order valence-corrected chi connectivity index (χ2v) is 3.97. The van der Waals surface area contributed by atoms with Gasteiger partial charge in [-0.1, -0.05) is 18.5 Å². The van der Waals surface area contributed by atoms with Crippen LogP contribution < -0.4 is 5.32 Å². The number of pyridine rings is 1. The first-order valence-corrected chi connectivity index (χ1v) is 5.45. The van der Waals surface area contributed by atoms with Crippen LogP contribution in [0.3, 0.4) is 0 Å². The Morgan fingerprint density at radius 3 is 3.06 bits per heavy atom. The number of aliphatic carboxylic acids is 1. The van der Waals surface area contributed by atoms with E-state index in [1.165, 1.54) is 12.3 Å². The highest BCUT2D eigenvalue weighted by Gasteiger charge is 2.11. The number of carboxylic acids is 1. The number of halogens is 1. The third-order valence-corrected chi connectivity index (χ3v) is 2.68. The summed E-state index contributed by atoms with van der Waals surface area (Å²) in [4.78, 5) is 14.6. The van der Waals surface area contributed by atoms with Crippen molar-refractivity contribution in [2.75, 3.05) is 11.9 Å². The maximum atomic E-state index is 10.6. The molecular weight excluding hydrogens is 242 g/mol. The average molecular weight is 254 g/mol. The van der Waals surface area contributed by atoms with Crippen LogP contribution in [0.4, 0.5) is 5.82 Å². The Morgan fingerprint density at radius 1 is 1.76 bits per heavy atom. The lowest BCUT2D eigenvalue weighted by Gasteiger charge is -2.09. The van der Waals surface area contributed by atoms with Gasteiger partial charge in [-0.05, 0) is 12.5 Å². The largest absolute Gasteiger partial charge is 0.481 e. The number of nitriles is 1. The second kappa shape index (κ2) is 6.06. The van der Waals surface area contributed by atoms with Gasteiger partial charge in [-0.3, -0.25) is 4.79 Å². The maximum Gasteiger partial charge on any atom is 0.306 e. The number of nitrogens with one attached hydrogen (secondary N) is 1. The molecule has 0 aromatic carbocycles. The van der Waals surface area contributed by atoms with Gasteiger partial charge in [0, 0.05) is 12.7 Å². The molecule has 0 fully saturated rings. The normalized spacial score (nSPS) is 11.6. The first-order chi connectivity index (χ1) is 8.06. The lowest BCUT2D eigenvalue weighted by atomic mass is 10.1. The van der Waals surface area contributed by atoms with E-state index in [4.69, 9.17) is 22.0 Å². The molecule has 6 heteroatoms. The monoisotopic (exact) mass is 253 g/mol. The van der Waals surface area contributed by atoms with Crippen LogP contribution >= 0.6 is 11.6 Å². The van der Waals surface area contributed by atoms with E-state index >= 15 is 0 Å². The van der Waals surface area contributed by atoms with E-state index in [0.717, 1.165) is 0 Å². The minimum Gasteiger partial charge on any atom is -0.481 e. The minimum absolute atomic E-state index is 0.262. The van der Waals surface area contributed by atoms with E-state index < -0.39 is 11.9 Å². The molecule has 0 saturated heterocycles. The fourth-order valence-corrected chi connectivity index (χ4v) is 1.40. The molecule has 1 heterocycles. The summed E-state index contributed by atoms with van der Waals surface area (Å²) >= 11 is 5.92. The molecule has 1 aromatic rings. The van der Waals surface area contributed by atoms with E-state index in [1.54, 1.807) is 6.92 Å². The topological polar surface area (TPSA) is 86.0 Å². The van der Waals surface area contributed by atoms with Gasteiger partial charge in [0.15, 0.2) is 0 Å². The van der Waals surface area contributed by atoms with Crippen molar-refractivity contribution in [1.29, 1.82) is 5.26 Å². The molecule has 1 rings (SSSR count). The molecule has 0 spiro atoms. The highest BCUT2D eigenvalue weighted by atomic mass is 35.5. The van der Waals surface area contributed by atoms with Crippen LogP contribution in [-0.2, 0) is 4.79 Å². The number of carbonyl (C=O) groups is 1. The highest BCUT2D eigenvalue weighted by Crippen LogP contribution is 2.22. The minimum atomic E-state index is -0.836. The molecule has 1 unspecified atom stereocenters. The molecule has 0 aliphatic rings. The molecule has 0 amide bonds. The molecule has 5 nitrogen and oxygen atoms in total. The van der Waals surface area contributed by atoms with Gasteiger partial charge in [0.1, 0.15) is 16.9 Å². The Hall–Kier alpha value is -1.80. The van der Waals surface area contributed by atoms with Crippen molar-refractivity contribution in [3.05, 3.63) is 22.8 Å². The number of anilines is 1. The summed E-state index contributed by atoms with van der Waals surface area (Å²) in [5, 5.41) is 20.6. The van der Waals surface area contributed by atoms with E-state index in [9.17, 15) is 4.79 Å². The molecule has 0 aliphatic heterocycles. The number of carboxylic acid groups (broad SMARTS) is 1. The van der Waals surface area contributed by atoms with Crippen molar-refractivity contribution in [2.24, 2.45) is 5.92 Å². The predicted molar refractivity (Wildman–Crippen MR) is 63.9 cm³/mol. The van der Waals surface area contributed by atoms with Crippen molar-refractivity contribution in [3.63, 3.8) is 0 Å². The van der Waals surface area contributed by atoms with Crippen LogP contribution in [0.1, 0.15) is 18.9 Å². The summed E-state index contributed by atoms with van der Waals surface area (Å²) in [5.74, 6) is -0.861. The Balaban J connectivity index is 2.59. The Kier molecular flexibility index (Phi) is 4.73. The van der Waals surface area contributed by atoms with Crippen molar-refractivity contribution in [2.45, 2.75) is 13.3 Å². The van der Waals surface area contributed by atoms with Gasteiger partial charge in [0.05, 0.1) is 11.5 Å². The molecule has 1 aromatic heterocycles. The van der Waals surface area contributed by atoms with Gasteiger partial charge >= 0.3 is 5.97 Å². The SMILES string of the molecule is CC(CCNc1nccc(C#N)c1Cl)C(=O)O.